The quantitative estimate of drug-likeness (QED) is 0.370. The second-order valence-electron chi connectivity index (χ2n) is 9.46. The van der Waals surface area contributed by atoms with Crippen LogP contribution >= 0.6 is 0 Å². The highest BCUT2D eigenvalue weighted by molar-refractivity contribution is 5.76. The van der Waals surface area contributed by atoms with Crippen LogP contribution in [-0.2, 0) is 11.8 Å². The van der Waals surface area contributed by atoms with Crippen LogP contribution in [0.5, 0.6) is 5.75 Å². The van der Waals surface area contributed by atoms with Crippen LogP contribution in [0, 0.1) is 6.92 Å². The van der Waals surface area contributed by atoms with Crippen molar-refractivity contribution in [1.29, 1.82) is 0 Å². The maximum atomic E-state index is 13.1. The maximum Gasteiger partial charge on any atom is 0.490 e. The summed E-state index contributed by atoms with van der Waals surface area (Å²) < 4.78 is 40.5. The molecule has 1 aliphatic rings. The number of ether oxygens (including phenoxy) is 1. The summed E-state index contributed by atoms with van der Waals surface area (Å²) in [6.45, 7) is 6.32. The molecule has 1 fully saturated rings. The van der Waals surface area contributed by atoms with Crippen molar-refractivity contribution in [3.63, 3.8) is 0 Å². The number of carboxylic acid groups (broad SMARTS) is 1. The predicted molar refractivity (Wildman–Crippen MR) is 149 cm³/mol. The molecule has 11 nitrogen and oxygen atoms in total. The zero-order chi connectivity index (χ0) is 29.9. The fraction of sp³-hybridized carbons (Fsp3) is 0.333. The summed E-state index contributed by atoms with van der Waals surface area (Å²) in [4.78, 5) is 35.8. The van der Waals surface area contributed by atoms with Crippen molar-refractivity contribution in [3.05, 3.63) is 64.6 Å². The molecule has 0 aliphatic carbocycles. The van der Waals surface area contributed by atoms with Crippen LogP contribution in [0.15, 0.2) is 53.5 Å². The minimum Gasteiger partial charge on any atom is -0.494 e. The molecule has 0 atom stereocenters. The van der Waals surface area contributed by atoms with E-state index in [1.165, 1.54) is 11.3 Å². The first-order chi connectivity index (χ1) is 19.4. The molecule has 14 heteroatoms. The molecule has 218 valence electrons. The molecule has 2 N–H and O–H groups in total. The normalized spacial score (nSPS) is 14.0. The van der Waals surface area contributed by atoms with Gasteiger partial charge in [0.15, 0.2) is 5.65 Å². The summed E-state index contributed by atoms with van der Waals surface area (Å²) in [7, 11) is 5.56. The molecule has 0 spiro atoms. The second-order valence-corrected chi connectivity index (χ2v) is 9.46. The number of halogens is 3. The number of piperazine rings is 1. The third-order valence-electron chi connectivity index (χ3n) is 6.65. The van der Waals surface area contributed by atoms with Gasteiger partial charge in [-0.25, -0.2) is 14.5 Å². The third kappa shape index (κ3) is 6.43. The molecule has 3 heterocycles. The number of methoxy groups -OCH3 is 1. The van der Waals surface area contributed by atoms with Gasteiger partial charge in [0.1, 0.15) is 16.8 Å². The number of fused-ring (bicyclic) bond motifs is 1. The lowest BCUT2D eigenvalue weighted by Gasteiger charge is -2.35. The first kappa shape index (κ1) is 29.4. The number of likely N-dealkylation sites (N-methyl/N-ethyl adjacent to an activating group) is 1. The molecule has 2 aromatic carbocycles. The Morgan fingerprint density at radius 1 is 1.05 bits per heavy atom. The summed E-state index contributed by atoms with van der Waals surface area (Å²) in [5.74, 6) is -1.71. The summed E-state index contributed by atoms with van der Waals surface area (Å²) in [6, 6.07) is 13.7. The first-order valence-electron chi connectivity index (χ1n) is 12.6. The second kappa shape index (κ2) is 11.9. The molecule has 4 aromatic rings. The summed E-state index contributed by atoms with van der Waals surface area (Å²) in [5, 5.41) is 10.9. The van der Waals surface area contributed by atoms with Crippen LogP contribution in [0.25, 0.3) is 16.7 Å². The highest BCUT2D eigenvalue weighted by Crippen LogP contribution is 2.27. The lowest BCUT2D eigenvalue weighted by atomic mass is 10.1. The van der Waals surface area contributed by atoms with E-state index in [1.54, 1.807) is 22.7 Å². The standard InChI is InChI=1S/C25H29N7O2.C2HF3O2/c1-17-15-18(9-10-20(17)31-13-11-29(2)12-14-31)27-25-26-16-19-23(28-25)30(3)32(24(19)33)21-7-5-6-8-22(21)34-4;3-2(4,5)1(6)7/h5-10,15-16H,11-14H2,1-4H3,(H,26,27,28);(H,6,7). The number of alkyl halides is 3. The van der Waals surface area contributed by atoms with Crippen molar-refractivity contribution >= 4 is 34.3 Å². The average Bonchev–Trinajstić information content (AvgIpc) is 3.18. The van der Waals surface area contributed by atoms with Crippen molar-refractivity contribution in [3.8, 4) is 11.4 Å². The van der Waals surface area contributed by atoms with Gasteiger partial charge in [-0.2, -0.15) is 18.2 Å². The Morgan fingerprint density at radius 3 is 2.32 bits per heavy atom. The number of hydrogen-bond acceptors (Lipinski definition) is 8. The number of para-hydroxylation sites is 2. The number of nitrogens with one attached hydrogen (secondary N) is 1. The van der Waals surface area contributed by atoms with Gasteiger partial charge in [0, 0.05) is 50.8 Å². The monoisotopic (exact) mass is 573 g/mol. The first-order valence-corrected chi connectivity index (χ1v) is 12.6. The van der Waals surface area contributed by atoms with Crippen LogP contribution in [0.3, 0.4) is 0 Å². The van der Waals surface area contributed by atoms with E-state index in [1.807, 2.05) is 37.4 Å². The van der Waals surface area contributed by atoms with Crippen molar-refractivity contribution in [1.82, 2.24) is 24.2 Å². The van der Waals surface area contributed by atoms with Gasteiger partial charge >= 0.3 is 12.1 Å². The van der Waals surface area contributed by atoms with E-state index in [2.05, 4.69) is 51.2 Å². The summed E-state index contributed by atoms with van der Waals surface area (Å²) in [6.07, 6.45) is -3.51. The van der Waals surface area contributed by atoms with Crippen molar-refractivity contribution in [2.24, 2.45) is 7.05 Å². The van der Waals surface area contributed by atoms with E-state index >= 15 is 0 Å². The number of aliphatic carboxylic acids is 1. The van der Waals surface area contributed by atoms with Gasteiger partial charge in [0.05, 0.1) is 7.11 Å². The van der Waals surface area contributed by atoms with E-state index < -0.39 is 12.1 Å². The molecule has 5 rings (SSSR count). The van der Waals surface area contributed by atoms with Gasteiger partial charge in [0.2, 0.25) is 5.95 Å². The molecular formula is C27H30F3N7O4. The van der Waals surface area contributed by atoms with Crippen LogP contribution in [0.4, 0.5) is 30.5 Å². The molecule has 0 unspecified atom stereocenters. The number of carbonyl (C=O) groups is 1. The number of anilines is 3. The Balaban J connectivity index is 0.000000493. The molecule has 1 aliphatic heterocycles. The molecule has 0 radical (unpaired) electrons. The Hall–Kier alpha value is -4.59. The molecule has 1 saturated heterocycles. The number of aryl methyl sites for hydroxylation is 2. The average molecular weight is 574 g/mol. The maximum absolute atomic E-state index is 13.1. The number of carboxylic acids is 1. The lowest BCUT2D eigenvalue weighted by molar-refractivity contribution is -0.192. The largest absolute Gasteiger partial charge is 0.494 e. The molecule has 2 aromatic heterocycles. The fourth-order valence-electron chi connectivity index (χ4n) is 4.52. The molecule has 0 bridgehead atoms. The van der Waals surface area contributed by atoms with Gasteiger partial charge in [0.25, 0.3) is 5.56 Å². The van der Waals surface area contributed by atoms with E-state index in [4.69, 9.17) is 14.6 Å². The highest BCUT2D eigenvalue weighted by atomic mass is 19.4. The lowest BCUT2D eigenvalue weighted by Crippen LogP contribution is -2.44. The zero-order valence-electron chi connectivity index (χ0n) is 22.9. The van der Waals surface area contributed by atoms with Crippen molar-refractivity contribution in [2.75, 3.05) is 50.6 Å². The Bertz CT molecular complexity index is 1610. The molecular weight excluding hydrogens is 543 g/mol. The van der Waals surface area contributed by atoms with E-state index in [9.17, 15) is 18.0 Å². The van der Waals surface area contributed by atoms with Gasteiger partial charge in [-0.05, 0) is 49.9 Å². The van der Waals surface area contributed by atoms with E-state index in [-0.39, 0.29) is 5.56 Å². The molecule has 41 heavy (non-hydrogen) atoms. The SMILES string of the molecule is COc1ccccc1-n1c(=O)c2cnc(Nc3ccc(N4CCN(C)CC4)c(C)c3)nc2n1C.O=C(O)C(F)(F)F. The number of aromatic nitrogens is 4. The van der Waals surface area contributed by atoms with Gasteiger partial charge in [-0.3, -0.25) is 9.48 Å². The Kier molecular flexibility index (Phi) is 8.52. The minimum atomic E-state index is -5.08. The highest BCUT2D eigenvalue weighted by Gasteiger charge is 2.38. The topological polar surface area (TPSA) is 118 Å². The summed E-state index contributed by atoms with van der Waals surface area (Å²) >= 11 is 0. The van der Waals surface area contributed by atoms with Gasteiger partial charge in [-0.1, -0.05) is 12.1 Å². The minimum absolute atomic E-state index is 0.194. The Labute approximate surface area is 233 Å². The fourth-order valence-corrected chi connectivity index (χ4v) is 4.52. The van der Waals surface area contributed by atoms with Crippen LogP contribution < -0.4 is 20.5 Å². The predicted octanol–water partition coefficient (Wildman–Crippen LogP) is 3.56. The molecule has 0 amide bonds. The van der Waals surface area contributed by atoms with Gasteiger partial charge < -0.3 is 25.0 Å². The van der Waals surface area contributed by atoms with Crippen molar-refractivity contribution < 1.29 is 27.8 Å². The number of rotatable bonds is 5. The van der Waals surface area contributed by atoms with Crippen molar-refractivity contribution in [2.45, 2.75) is 13.1 Å². The molecule has 0 saturated carbocycles. The van der Waals surface area contributed by atoms with E-state index in [0.717, 1.165) is 31.9 Å². The van der Waals surface area contributed by atoms with Crippen LogP contribution in [0.2, 0.25) is 0 Å². The zero-order valence-corrected chi connectivity index (χ0v) is 22.9. The van der Waals surface area contributed by atoms with Gasteiger partial charge in [-0.15, -0.1) is 0 Å². The van der Waals surface area contributed by atoms with Crippen LogP contribution in [0.1, 0.15) is 5.56 Å². The van der Waals surface area contributed by atoms with Crippen LogP contribution in [-0.4, -0.2) is 81.8 Å². The Morgan fingerprint density at radius 2 is 1.71 bits per heavy atom. The number of benzene rings is 2. The summed E-state index contributed by atoms with van der Waals surface area (Å²) in [5.41, 5.74) is 4.36. The third-order valence-corrected chi connectivity index (χ3v) is 6.65. The number of hydrogen-bond donors (Lipinski definition) is 2. The van der Waals surface area contributed by atoms with E-state index in [0.29, 0.717) is 28.4 Å². The smallest absolute Gasteiger partial charge is 0.490 e. The number of nitrogens with zero attached hydrogens (tertiary/aromatic N) is 6.